The quantitative estimate of drug-likeness (QED) is 0.901. The van der Waals surface area contributed by atoms with Crippen LogP contribution < -0.4 is 10.9 Å². The third kappa shape index (κ3) is 4.26. The smallest absolute Gasteiger partial charge is 0.321 e. The maximum Gasteiger partial charge on any atom is 0.321 e. The second kappa shape index (κ2) is 7.51. The van der Waals surface area contributed by atoms with Gasteiger partial charge in [0, 0.05) is 30.8 Å². The molecule has 0 aliphatic carbocycles. The summed E-state index contributed by atoms with van der Waals surface area (Å²) in [6, 6.07) is 9.36. The van der Waals surface area contributed by atoms with E-state index in [9.17, 15) is 9.59 Å². The molecule has 132 valence electrons. The molecule has 1 aromatic heterocycles. The van der Waals surface area contributed by atoms with Crippen molar-refractivity contribution in [2.75, 3.05) is 18.4 Å². The fraction of sp³-hybridized carbons (Fsp3) is 0.421. The predicted octanol–water partition coefficient (Wildman–Crippen LogP) is 3.05. The lowest BCUT2D eigenvalue weighted by molar-refractivity contribution is 0.192. The summed E-state index contributed by atoms with van der Waals surface area (Å²) >= 11 is 0. The van der Waals surface area contributed by atoms with Gasteiger partial charge in [-0.15, -0.1) is 0 Å². The first kappa shape index (κ1) is 17.2. The van der Waals surface area contributed by atoms with Crippen molar-refractivity contribution in [2.24, 2.45) is 0 Å². The van der Waals surface area contributed by atoms with E-state index in [0.717, 1.165) is 37.2 Å². The van der Waals surface area contributed by atoms with Gasteiger partial charge in [0.1, 0.15) is 5.82 Å². The molecule has 0 spiro atoms. The largest absolute Gasteiger partial charge is 0.324 e. The normalized spacial score (nSPS) is 17.4. The summed E-state index contributed by atoms with van der Waals surface area (Å²) in [6.45, 7) is 5.17. The van der Waals surface area contributed by atoms with Crippen LogP contribution in [0.4, 0.5) is 10.5 Å². The van der Waals surface area contributed by atoms with Crippen LogP contribution in [0.15, 0.2) is 35.1 Å². The number of carbonyl (C=O) groups excluding carboxylic acids is 1. The fourth-order valence-corrected chi connectivity index (χ4v) is 3.29. The summed E-state index contributed by atoms with van der Waals surface area (Å²) in [5.74, 6) is 0.711. The number of anilines is 1. The van der Waals surface area contributed by atoms with Crippen LogP contribution in [-0.2, 0) is 6.42 Å². The van der Waals surface area contributed by atoms with Gasteiger partial charge in [-0.3, -0.25) is 4.79 Å². The van der Waals surface area contributed by atoms with Gasteiger partial charge in [0.05, 0.1) is 5.69 Å². The maximum atomic E-state index is 12.6. The van der Waals surface area contributed by atoms with Crippen LogP contribution in [0.2, 0.25) is 0 Å². The van der Waals surface area contributed by atoms with Crippen LogP contribution in [0.3, 0.4) is 0 Å². The van der Waals surface area contributed by atoms with Crippen molar-refractivity contribution in [3.8, 4) is 0 Å². The van der Waals surface area contributed by atoms with Gasteiger partial charge in [-0.05, 0) is 43.9 Å². The van der Waals surface area contributed by atoms with E-state index in [2.05, 4.69) is 22.2 Å². The molecule has 6 heteroatoms. The predicted molar refractivity (Wildman–Crippen MR) is 98.0 cm³/mol. The molecule has 2 heterocycles. The number of carbonyl (C=O) groups is 1. The number of amides is 2. The second-order valence-corrected chi connectivity index (χ2v) is 6.52. The van der Waals surface area contributed by atoms with Crippen molar-refractivity contribution in [1.29, 1.82) is 0 Å². The Hall–Kier alpha value is -2.63. The van der Waals surface area contributed by atoms with E-state index in [-0.39, 0.29) is 17.5 Å². The van der Waals surface area contributed by atoms with Crippen molar-refractivity contribution < 1.29 is 4.79 Å². The molecule has 2 amide bonds. The second-order valence-electron chi connectivity index (χ2n) is 6.52. The number of urea groups is 1. The average Bonchev–Trinajstić information content (AvgIpc) is 2.61. The van der Waals surface area contributed by atoms with Gasteiger partial charge in [-0.1, -0.05) is 19.1 Å². The SMILES string of the molecule is CCc1cccc(NC(=O)N2CCC[C@@H](c3cc(=O)[nH]c(C)n3)C2)c1. The van der Waals surface area contributed by atoms with Crippen LogP contribution in [0.25, 0.3) is 0 Å². The molecular formula is C19H24N4O2. The Bertz CT molecular complexity index is 815. The lowest BCUT2D eigenvalue weighted by atomic mass is 9.94. The Morgan fingerprint density at radius 2 is 2.24 bits per heavy atom. The van der Waals surface area contributed by atoms with Crippen molar-refractivity contribution >= 4 is 11.7 Å². The third-order valence-corrected chi connectivity index (χ3v) is 4.59. The van der Waals surface area contributed by atoms with Gasteiger partial charge in [-0.2, -0.15) is 0 Å². The molecule has 2 aromatic rings. The van der Waals surface area contributed by atoms with Gasteiger partial charge in [0.15, 0.2) is 0 Å². The summed E-state index contributed by atoms with van der Waals surface area (Å²) in [6.07, 6.45) is 2.77. The van der Waals surface area contributed by atoms with Crippen molar-refractivity contribution in [2.45, 2.75) is 39.0 Å². The third-order valence-electron chi connectivity index (χ3n) is 4.59. The molecule has 1 aliphatic rings. The zero-order chi connectivity index (χ0) is 17.8. The number of rotatable bonds is 3. The number of nitrogens with one attached hydrogen (secondary N) is 2. The summed E-state index contributed by atoms with van der Waals surface area (Å²) in [4.78, 5) is 33.2. The Morgan fingerprint density at radius 3 is 3.00 bits per heavy atom. The standard InChI is InChI=1S/C19H24N4O2/c1-3-14-6-4-8-16(10-14)22-19(25)23-9-5-7-15(12-23)17-11-18(24)21-13(2)20-17/h4,6,8,10-11,15H,3,5,7,9,12H2,1-2H3,(H,22,25)(H,20,21,24)/t15-/m1/s1. The minimum absolute atomic E-state index is 0.0977. The highest BCUT2D eigenvalue weighted by molar-refractivity contribution is 5.89. The summed E-state index contributed by atoms with van der Waals surface area (Å²) in [5, 5.41) is 2.98. The van der Waals surface area contributed by atoms with Gasteiger partial charge in [0.2, 0.25) is 0 Å². The fourth-order valence-electron chi connectivity index (χ4n) is 3.29. The number of aromatic amines is 1. The first-order valence-electron chi connectivity index (χ1n) is 8.78. The highest BCUT2D eigenvalue weighted by Gasteiger charge is 2.26. The van der Waals surface area contributed by atoms with E-state index in [1.807, 2.05) is 29.2 Å². The van der Waals surface area contributed by atoms with E-state index in [4.69, 9.17) is 0 Å². The minimum atomic E-state index is -0.138. The molecule has 2 N–H and O–H groups in total. The van der Waals surface area contributed by atoms with Crippen LogP contribution in [0, 0.1) is 6.92 Å². The number of aromatic nitrogens is 2. The van der Waals surface area contributed by atoms with E-state index < -0.39 is 0 Å². The Morgan fingerprint density at radius 1 is 1.40 bits per heavy atom. The van der Waals surface area contributed by atoms with E-state index in [1.54, 1.807) is 13.0 Å². The molecular weight excluding hydrogens is 316 g/mol. The molecule has 0 unspecified atom stereocenters. The van der Waals surface area contributed by atoms with Crippen LogP contribution in [0.1, 0.15) is 42.8 Å². The van der Waals surface area contributed by atoms with Gasteiger partial charge >= 0.3 is 6.03 Å². The summed E-state index contributed by atoms with van der Waals surface area (Å²) < 4.78 is 0. The highest BCUT2D eigenvalue weighted by atomic mass is 16.2. The molecule has 1 saturated heterocycles. The number of hydrogen-bond acceptors (Lipinski definition) is 3. The number of aryl methyl sites for hydroxylation is 2. The molecule has 25 heavy (non-hydrogen) atoms. The Labute approximate surface area is 147 Å². The lowest BCUT2D eigenvalue weighted by Gasteiger charge is -2.32. The molecule has 6 nitrogen and oxygen atoms in total. The molecule has 3 rings (SSSR count). The van der Waals surface area contributed by atoms with Crippen molar-refractivity contribution in [3.63, 3.8) is 0 Å². The van der Waals surface area contributed by atoms with Crippen LogP contribution in [-0.4, -0.2) is 34.0 Å². The molecule has 1 aliphatic heterocycles. The maximum absolute atomic E-state index is 12.6. The number of piperidine rings is 1. The molecule has 1 fully saturated rings. The lowest BCUT2D eigenvalue weighted by Crippen LogP contribution is -2.42. The zero-order valence-corrected chi connectivity index (χ0v) is 14.7. The number of likely N-dealkylation sites (tertiary alicyclic amines) is 1. The van der Waals surface area contributed by atoms with Gasteiger partial charge in [-0.25, -0.2) is 9.78 Å². The average molecular weight is 340 g/mol. The topological polar surface area (TPSA) is 78.1 Å². The number of nitrogens with zero attached hydrogens (tertiary/aromatic N) is 2. The summed E-state index contributed by atoms with van der Waals surface area (Å²) in [7, 11) is 0. The van der Waals surface area contributed by atoms with Crippen LogP contribution >= 0.6 is 0 Å². The Balaban J connectivity index is 1.70. The highest BCUT2D eigenvalue weighted by Crippen LogP contribution is 2.25. The molecule has 1 aromatic carbocycles. The van der Waals surface area contributed by atoms with E-state index >= 15 is 0 Å². The monoisotopic (exact) mass is 340 g/mol. The summed E-state index contributed by atoms with van der Waals surface area (Å²) in [5.41, 5.74) is 2.64. The number of hydrogen-bond donors (Lipinski definition) is 2. The van der Waals surface area contributed by atoms with Crippen molar-refractivity contribution in [3.05, 3.63) is 57.8 Å². The number of benzene rings is 1. The first-order valence-corrected chi connectivity index (χ1v) is 8.78. The molecule has 0 saturated carbocycles. The Kier molecular flexibility index (Phi) is 5.16. The number of H-pyrrole nitrogens is 1. The first-order chi connectivity index (χ1) is 12.0. The molecule has 1 atom stereocenters. The van der Waals surface area contributed by atoms with E-state index in [0.29, 0.717) is 12.4 Å². The van der Waals surface area contributed by atoms with Crippen LogP contribution in [0.5, 0.6) is 0 Å². The van der Waals surface area contributed by atoms with E-state index in [1.165, 1.54) is 5.56 Å². The molecule has 0 radical (unpaired) electrons. The van der Waals surface area contributed by atoms with Crippen molar-refractivity contribution in [1.82, 2.24) is 14.9 Å². The molecule has 0 bridgehead atoms. The minimum Gasteiger partial charge on any atom is -0.324 e. The van der Waals surface area contributed by atoms with Gasteiger partial charge < -0.3 is 15.2 Å². The zero-order valence-electron chi connectivity index (χ0n) is 14.7. The van der Waals surface area contributed by atoms with Gasteiger partial charge in [0.25, 0.3) is 5.56 Å².